The molecule has 0 spiro atoms. The Bertz CT molecular complexity index is 1300. The predicted octanol–water partition coefficient (Wildman–Crippen LogP) is 6.29. The normalized spacial score (nSPS) is 17.9. The minimum absolute atomic E-state index is 0.100. The van der Waals surface area contributed by atoms with E-state index in [-0.39, 0.29) is 18.0 Å². The number of ether oxygens (including phenoxy) is 1. The Morgan fingerprint density at radius 1 is 1.26 bits per heavy atom. The van der Waals surface area contributed by atoms with Crippen LogP contribution in [0.3, 0.4) is 0 Å². The molecule has 2 aliphatic heterocycles. The van der Waals surface area contributed by atoms with Crippen LogP contribution in [0, 0.1) is 5.82 Å². The van der Waals surface area contributed by atoms with Crippen molar-refractivity contribution < 1.29 is 13.9 Å². The van der Waals surface area contributed by atoms with Crippen LogP contribution in [0.15, 0.2) is 36.5 Å². The molecular weight excluding hydrogens is 431 g/mol. The Labute approximate surface area is 199 Å². The fourth-order valence-electron chi connectivity index (χ4n) is 5.21. The molecule has 0 saturated heterocycles. The summed E-state index contributed by atoms with van der Waals surface area (Å²) in [6.07, 6.45) is 5.21. The van der Waals surface area contributed by atoms with Gasteiger partial charge in [0.2, 0.25) is 0 Å². The second-order valence-electron chi connectivity index (χ2n) is 10.1. The zero-order valence-electron chi connectivity index (χ0n) is 20.4. The van der Waals surface area contributed by atoms with E-state index in [1.54, 1.807) is 17.2 Å². The molecule has 0 fully saturated rings. The first-order valence-corrected chi connectivity index (χ1v) is 11.9. The first-order chi connectivity index (χ1) is 16.2. The molecule has 7 heteroatoms. The quantitative estimate of drug-likeness (QED) is 0.486. The van der Waals surface area contributed by atoms with Crippen molar-refractivity contribution in [3.63, 3.8) is 0 Å². The average molecular weight is 463 g/mol. The predicted molar refractivity (Wildman–Crippen MR) is 133 cm³/mol. The van der Waals surface area contributed by atoms with Gasteiger partial charge < -0.3 is 19.5 Å². The maximum atomic E-state index is 14.3. The lowest BCUT2D eigenvalue weighted by Crippen LogP contribution is -2.39. The van der Waals surface area contributed by atoms with Crippen molar-refractivity contribution in [3.8, 4) is 11.1 Å². The molecule has 34 heavy (non-hydrogen) atoms. The molecular formula is C27H31FN4O2. The molecule has 1 N–H and O–H groups in total. The average Bonchev–Trinajstić information content (AvgIpc) is 3.13. The number of pyridine rings is 1. The van der Waals surface area contributed by atoms with Crippen LogP contribution in [0.25, 0.3) is 27.7 Å². The third kappa shape index (κ3) is 3.73. The van der Waals surface area contributed by atoms with Gasteiger partial charge in [0.25, 0.3) is 0 Å². The van der Waals surface area contributed by atoms with Gasteiger partial charge in [0.1, 0.15) is 17.1 Å². The van der Waals surface area contributed by atoms with Gasteiger partial charge in [-0.25, -0.2) is 14.2 Å². The number of H-pyrrole nitrogens is 1. The van der Waals surface area contributed by atoms with Crippen molar-refractivity contribution in [1.29, 1.82) is 0 Å². The van der Waals surface area contributed by atoms with Crippen molar-refractivity contribution in [2.75, 3.05) is 25.0 Å². The standard InChI is InChI=1S/C27H31FN4O2/c1-6-20-23-22-18(19-15-17(28)7-8-21(19)31(20)5)9-12-29-25(22)30-24(23)16-10-13-32(14-11-16)26(33)34-27(2,3)4/h7-10,12,15,20H,6,11,13-14H2,1-5H3,(H,29,30). The highest BCUT2D eigenvalue weighted by atomic mass is 19.1. The minimum Gasteiger partial charge on any atom is -0.444 e. The number of amides is 1. The van der Waals surface area contributed by atoms with E-state index in [0.717, 1.165) is 46.4 Å². The molecule has 0 bridgehead atoms. The van der Waals surface area contributed by atoms with E-state index in [0.29, 0.717) is 13.1 Å². The molecule has 178 valence electrons. The summed E-state index contributed by atoms with van der Waals surface area (Å²) >= 11 is 0. The van der Waals surface area contributed by atoms with Gasteiger partial charge in [0.05, 0.1) is 6.04 Å². The molecule has 0 saturated carbocycles. The van der Waals surface area contributed by atoms with E-state index in [9.17, 15) is 9.18 Å². The molecule has 1 unspecified atom stereocenters. The number of halogens is 1. The second kappa shape index (κ2) is 8.15. The number of nitrogens with one attached hydrogen (secondary N) is 1. The zero-order valence-corrected chi connectivity index (χ0v) is 20.4. The Balaban J connectivity index is 1.61. The largest absolute Gasteiger partial charge is 0.444 e. The van der Waals surface area contributed by atoms with E-state index < -0.39 is 5.60 Å². The van der Waals surface area contributed by atoms with Gasteiger partial charge in [0, 0.05) is 54.2 Å². The van der Waals surface area contributed by atoms with E-state index in [1.165, 1.54) is 17.2 Å². The first-order valence-electron chi connectivity index (χ1n) is 11.9. The lowest BCUT2D eigenvalue weighted by molar-refractivity contribution is 0.0270. The fourth-order valence-corrected chi connectivity index (χ4v) is 5.21. The van der Waals surface area contributed by atoms with Crippen molar-refractivity contribution in [3.05, 3.63) is 53.6 Å². The van der Waals surface area contributed by atoms with Gasteiger partial charge >= 0.3 is 6.09 Å². The van der Waals surface area contributed by atoms with Crippen molar-refractivity contribution in [2.24, 2.45) is 0 Å². The summed E-state index contributed by atoms with van der Waals surface area (Å²) in [6, 6.07) is 7.09. The third-order valence-electron chi connectivity index (χ3n) is 6.73. The summed E-state index contributed by atoms with van der Waals surface area (Å²) < 4.78 is 19.8. The van der Waals surface area contributed by atoms with Crippen LogP contribution in [0.5, 0.6) is 0 Å². The summed E-state index contributed by atoms with van der Waals surface area (Å²) in [4.78, 5) is 24.7. The number of rotatable bonds is 2. The van der Waals surface area contributed by atoms with Gasteiger partial charge in [-0.3, -0.25) is 0 Å². The monoisotopic (exact) mass is 462 g/mol. The Hall–Kier alpha value is -3.35. The van der Waals surface area contributed by atoms with Crippen molar-refractivity contribution in [1.82, 2.24) is 14.9 Å². The molecule has 4 heterocycles. The number of anilines is 1. The SMILES string of the molecule is CCC1c2c(C3=CCN(C(=O)OC(C)(C)C)CC3)[nH]c3nccc(c23)-c2cc(F)ccc2N1C. The highest BCUT2D eigenvalue weighted by Gasteiger charge is 2.33. The Morgan fingerprint density at radius 2 is 2.06 bits per heavy atom. The Kier molecular flexibility index (Phi) is 5.38. The van der Waals surface area contributed by atoms with Crippen LogP contribution >= 0.6 is 0 Å². The van der Waals surface area contributed by atoms with Crippen LogP contribution < -0.4 is 4.90 Å². The van der Waals surface area contributed by atoms with Crippen molar-refractivity contribution in [2.45, 2.75) is 52.2 Å². The summed E-state index contributed by atoms with van der Waals surface area (Å²) in [5, 5.41) is 1.05. The molecule has 0 aliphatic carbocycles. The summed E-state index contributed by atoms with van der Waals surface area (Å²) in [5.41, 5.74) is 6.59. The van der Waals surface area contributed by atoms with Crippen LogP contribution in [0.2, 0.25) is 0 Å². The molecule has 6 nitrogen and oxygen atoms in total. The molecule has 2 aromatic heterocycles. The van der Waals surface area contributed by atoms with E-state index >= 15 is 0 Å². The summed E-state index contributed by atoms with van der Waals surface area (Å²) in [6.45, 7) is 8.90. The van der Waals surface area contributed by atoms with Crippen molar-refractivity contribution >= 4 is 28.4 Å². The first kappa shape index (κ1) is 22.4. The number of fused-ring (bicyclic) bond motifs is 2. The highest BCUT2D eigenvalue weighted by Crippen LogP contribution is 2.48. The van der Waals surface area contributed by atoms with E-state index in [1.807, 2.05) is 32.9 Å². The summed E-state index contributed by atoms with van der Waals surface area (Å²) in [5.74, 6) is -0.249. The van der Waals surface area contributed by atoms with Crippen LogP contribution in [-0.2, 0) is 4.74 Å². The number of aromatic amines is 1. The van der Waals surface area contributed by atoms with Gasteiger partial charge in [-0.15, -0.1) is 0 Å². The molecule has 0 radical (unpaired) electrons. The smallest absolute Gasteiger partial charge is 0.410 e. The number of carbonyl (C=O) groups excluding carboxylic acids is 1. The number of hydrogen-bond donors (Lipinski definition) is 1. The molecule has 5 rings (SSSR count). The molecule has 1 atom stereocenters. The maximum absolute atomic E-state index is 14.3. The third-order valence-corrected chi connectivity index (χ3v) is 6.73. The maximum Gasteiger partial charge on any atom is 0.410 e. The highest BCUT2D eigenvalue weighted by molar-refractivity contribution is 6.03. The van der Waals surface area contributed by atoms with Crippen LogP contribution in [0.4, 0.5) is 14.9 Å². The molecule has 1 aromatic carbocycles. The Morgan fingerprint density at radius 3 is 2.74 bits per heavy atom. The second-order valence-corrected chi connectivity index (χ2v) is 10.1. The number of aromatic nitrogens is 2. The van der Waals surface area contributed by atoms with Gasteiger partial charge in [-0.05, 0) is 69.0 Å². The van der Waals surface area contributed by atoms with Gasteiger partial charge in [-0.2, -0.15) is 0 Å². The topological polar surface area (TPSA) is 61.5 Å². The van der Waals surface area contributed by atoms with E-state index in [4.69, 9.17) is 4.74 Å². The molecule has 3 aromatic rings. The van der Waals surface area contributed by atoms with Crippen LogP contribution in [0.1, 0.15) is 57.8 Å². The zero-order chi connectivity index (χ0) is 24.2. The van der Waals surface area contributed by atoms with Gasteiger partial charge in [-0.1, -0.05) is 13.0 Å². The fraction of sp³-hybridized carbons (Fsp3) is 0.407. The number of hydrogen-bond acceptors (Lipinski definition) is 4. The molecule has 1 amide bonds. The lowest BCUT2D eigenvalue weighted by Gasteiger charge is -2.32. The lowest BCUT2D eigenvalue weighted by atomic mass is 9.93. The summed E-state index contributed by atoms with van der Waals surface area (Å²) in [7, 11) is 2.08. The molecule has 2 aliphatic rings. The number of nitrogens with zero attached hydrogens (tertiary/aromatic N) is 3. The number of carbonyl (C=O) groups is 1. The van der Waals surface area contributed by atoms with E-state index in [2.05, 4.69) is 34.9 Å². The minimum atomic E-state index is -0.518. The number of benzene rings is 1. The van der Waals surface area contributed by atoms with Crippen LogP contribution in [-0.4, -0.2) is 46.7 Å². The van der Waals surface area contributed by atoms with Gasteiger partial charge in [0.15, 0.2) is 0 Å².